The zero-order valence-corrected chi connectivity index (χ0v) is 13.8. The molecule has 0 bridgehead atoms. The zero-order chi connectivity index (χ0) is 16.1. The number of aromatic hydroxyl groups is 1. The van der Waals surface area contributed by atoms with E-state index in [1.54, 1.807) is 12.1 Å². The molecule has 0 radical (unpaired) electrons. The number of hydrogen-bond acceptors (Lipinski definition) is 5. The molecular weight excluding hydrogens is 323 g/mol. The predicted octanol–water partition coefficient (Wildman–Crippen LogP) is 5.36. The van der Waals surface area contributed by atoms with Crippen LogP contribution in [0.1, 0.15) is 13.8 Å². The number of phenols is 1. The molecule has 1 heterocycles. The lowest BCUT2D eigenvalue weighted by Gasteiger charge is -2.21. The second kappa shape index (κ2) is 7.42. The molecule has 7 heteroatoms. The summed E-state index contributed by atoms with van der Waals surface area (Å²) in [5.74, 6) is 0.302. The van der Waals surface area contributed by atoms with Crippen molar-refractivity contribution in [2.75, 3.05) is 18.0 Å². The van der Waals surface area contributed by atoms with E-state index in [4.69, 9.17) is 23.2 Å². The van der Waals surface area contributed by atoms with Crippen molar-refractivity contribution in [2.45, 2.75) is 13.8 Å². The standard InChI is InChI=1S/C15H16Cl2N4O/c1-3-21(4-2)11-5-6-13(14(22)8-11)19-20-15-12(17)7-10(16)9-18-15/h5-9,22H,3-4H2,1-2H3. The van der Waals surface area contributed by atoms with Gasteiger partial charge >= 0.3 is 0 Å². The summed E-state index contributed by atoms with van der Waals surface area (Å²) in [6.07, 6.45) is 1.44. The van der Waals surface area contributed by atoms with Gasteiger partial charge < -0.3 is 10.0 Å². The van der Waals surface area contributed by atoms with Crippen LogP contribution >= 0.6 is 23.2 Å². The number of phenolic OH excluding ortho intramolecular Hbond substituents is 1. The second-order valence-electron chi connectivity index (χ2n) is 4.50. The molecule has 2 rings (SSSR count). The Morgan fingerprint density at radius 3 is 2.45 bits per heavy atom. The fraction of sp³-hybridized carbons (Fsp3) is 0.267. The summed E-state index contributed by atoms with van der Waals surface area (Å²) in [6, 6.07) is 6.79. The van der Waals surface area contributed by atoms with Crippen LogP contribution in [0, 0.1) is 0 Å². The van der Waals surface area contributed by atoms with E-state index in [0.717, 1.165) is 18.8 Å². The molecule has 0 spiro atoms. The van der Waals surface area contributed by atoms with E-state index in [9.17, 15) is 5.11 Å². The lowest BCUT2D eigenvalue weighted by Crippen LogP contribution is -2.21. The van der Waals surface area contributed by atoms with Crippen LogP contribution < -0.4 is 4.90 Å². The number of pyridine rings is 1. The van der Waals surface area contributed by atoms with Crippen LogP contribution in [0.25, 0.3) is 0 Å². The van der Waals surface area contributed by atoms with E-state index in [2.05, 4.69) is 34.0 Å². The monoisotopic (exact) mass is 338 g/mol. The molecule has 5 nitrogen and oxygen atoms in total. The quantitative estimate of drug-likeness (QED) is 0.746. The van der Waals surface area contributed by atoms with Crippen molar-refractivity contribution in [3.63, 3.8) is 0 Å². The molecular formula is C15H16Cl2N4O. The zero-order valence-electron chi connectivity index (χ0n) is 12.3. The van der Waals surface area contributed by atoms with Crippen LogP contribution in [0.3, 0.4) is 0 Å². The average Bonchev–Trinajstić information content (AvgIpc) is 2.49. The first-order valence-corrected chi connectivity index (χ1v) is 7.61. The predicted molar refractivity (Wildman–Crippen MR) is 90.1 cm³/mol. The van der Waals surface area contributed by atoms with E-state index >= 15 is 0 Å². The summed E-state index contributed by atoms with van der Waals surface area (Å²) >= 11 is 11.7. The van der Waals surface area contributed by atoms with Gasteiger partial charge in [0.05, 0.1) is 10.0 Å². The molecule has 0 aliphatic carbocycles. The van der Waals surface area contributed by atoms with E-state index in [1.165, 1.54) is 12.3 Å². The normalized spacial score (nSPS) is 11.1. The SMILES string of the molecule is CCN(CC)c1ccc(N=Nc2ncc(Cl)cc2Cl)c(O)c1. The average molecular weight is 339 g/mol. The highest BCUT2D eigenvalue weighted by molar-refractivity contribution is 6.35. The second-order valence-corrected chi connectivity index (χ2v) is 5.35. The van der Waals surface area contributed by atoms with E-state index in [-0.39, 0.29) is 11.6 Å². The molecule has 0 aliphatic rings. The summed E-state index contributed by atoms with van der Waals surface area (Å²) in [6.45, 7) is 5.84. The molecule has 0 unspecified atom stereocenters. The van der Waals surface area contributed by atoms with Gasteiger partial charge in [0.1, 0.15) is 11.4 Å². The summed E-state index contributed by atoms with van der Waals surface area (Å²) < 4.78 is 0. The number of rotatable bonds is 5. The summed E-state index contributed by atoms with van der Waals surface area (Å²) in [4.78, 5) is 6.10. The van der Waals surface area contributed by atoms with Crippen LogP contribution in [0.4, 0.5) is 17.2 Å². The summed E-state index contributed by atoms with van der Waals surface area (Å²) in [7, 11) is 0. The maximum absolute atomic E-state index is 10.1. The van der Waals surface area contributed by atoms with E-state index in [1.807, 2.05) is 6.07 Å². The molecule has 0 saturated heterocycles. The van der Waals surface area contributed by atoms with Crippen molar-refractivity contribution in [3.05, 3.63) is 40.5 Å². The van der Waals surface area contributed by atoms with Crippen molar-refractivity contribution in [1.82, 2.24) is 4.98 Å². The first-order chi connectivity index (χ1) is 10.5. The fourth-order valence-corrected chi connectivity index (χ4v) is 2.38. The number of halogens is 2. The highest BCUT2D eigenvalue weighted by atomic mass is 35.5. The van der Waals surface area contributed by atoms with Gasteiger partial charge in [0.25, 0.3) is 0 Å². The Labute approximate surface area is 139 Å². The molecule has 22 heavy (non-hydrogen) atoms. The minimum Gasteiger partial charge on any atom is -0.506 e. The summed E-state index contributed by atoms with van der Waals surface area (Å²) in [5, 5.41) is 18.7. The van der Waals surface area contributed by atoms with Gasteiger partial charge in [-0.25, -0.2) is 4.98 Å². The van der Waals surface area contributed by atoms with Crippen LogP contribution in [0.2, 0.25) is 10.0 Å². The Morgan fingerprint density at radius 2 is 1.86 bits per heavy atom. The van der Waals surface area contributed by atoms with Crippen molar-refractivity contribution in [3.8, 4) is 5.75 Å². The van der Waals surface area contributed by atoms with Gasteiger partial charge in [0, 0.05) is 31.0 Å². The number of hydrogen-bond donors (Lipinski definition) is 1. The minimum absolute atomic E-state index is 0.0539. The molecule has 1 N–H and O–H groups in total. The largest absolute Gasteiger partial charge is 0.506 e. The molecule has 116 valence electrons. The number of nitrogens with zero attached hydrogens (tertiary/aromatic N) is 4. The first-order valence-electron chi connectivity index (χ1n) is 6.85. The van der Waals surface area contributed by atoms with Gasteiger partial charge in [0.2, 0.25) is 0 Å². The van der Waals surface area contributed by atoms with Gasteiger partial charge in [-0.1, -0.05) is 23.2 Å². The van der Waals surface area contributed by atoms with Crippen LogP contribution in [0.5, 0.6) is 5.75 Å². The Balaban J connectivity index is 2.24. The van der Waals surface area contributed by atoms with Crippen molar-refractivity contribution in [2.24, 2.45) is 10.2 Å². The molecule has 0 atom stereocenters. The Kier molecular flexibility index (Phi) is 5.57. The highest BCUT2D eigenvalue weighted by Gasteiger charge is 2.07. The van der Waals surface area contributed by atoms with Crippen LogP contribution in [-0.4, -0.2) is 23.2 Å². The molecule has 0 fully saturated rings. The Bertz CT molecular complexity index is 687. The van der Waals surface area contributed by atoms with Crippen molar-refractivity contribution in [1.29, 1.82) is 0 Å². The molecule has 1 aromatic carbocycles. The van der Waals surface area contributed by atoms with Crippen LogP contribution in [-0.2, 0) is 0 Å². The van der Waals surface area contributed by atoms with E-state index in [0.29, 0.717) is 15.7 Å². The fourth-order valence-electron chi connectivity index (χ4n) is 1.96. The third-order valence-corrected chi connectivity index (χ3v) is 3.61. The topological polar surface area (TPSA) is 61.1 Å². The molecule has 2 aromatic rings. The lowest BCUT2D eigenvalue weighted by molar-refractivity contribution is 0.476. The van der Waals surface area contributed by atoms with Gasteiger partial charge in [-0.05, 0) is 32.0 Å². The molecule has 1 aromatic heterocycles. The van der Waals surface area contributed by atoms with Gasteiger partial charge in [-0.3, -0.25) is 0 Å². The Morgan fingerprint density at radius 1 is 1.14 bits per heavy atom. The third kappa shape index (κ3) is 3.87. The number of azo groups is 1. The molecule has 0 amide bonds. The number of anilines is 1. The first kappa shape index (κ1) is 16.5. The Hall–Kier alpha value is -1.85. The maximum Gasteiger partial charge on any atom is 0.193 e. The van der Waals surface area contributed by atoms with Crippen molar-refractivity contribution < 1.29 is 5.11 Å². The molecule has 0 aliphatic heterocycles. The van der Waals surface area contributed by atoms with Gasteiger partial charge in [0.15, 0.2) is 5.82 Å². The van der Waals surface area contributed by atoms with Gasteiger partial charge in [-0.15, -0.1) is 10.2 Å². The summed E-state index contributed by atoms with van der Waals surface area (Å²) in [5.41, 5.74) is 1.29. The minimum atomic E-state index is 0.0539. The van der Waals surface area contributed by atoms with Gasteiger partial charge in [-0.2, -0.15) is 0 Å². The third-order valence-electron chi connectivity index (χ3n) is 3.13. The number of benzene rings is 1. The highest BCUT2D eigenvalue weighted by Crippen LogP contribution is 2.33. The van der Waals surface area contributed by atoms with E-state index < -0.39 is 0 Å². The smallest absolute Gasteiger partial charge is 0.193 e. The lowest BCUT2D eigenvalue weighted by atomic mass is 10.2. The van der Waals surface area contributed by atoms with Crippen LogP contribution in [0.15, 0.2) is 40.7 Å². The molecule has 0 saturated carbocycles. The number of aromatic nitrogens is 1. The van der Waals surface area contributed by atoms with Crippen molar-refractivity contribution >= 4 is 40.4 Å². The maximum atomic E-state index is 10.1.